The maximum absolute atomic E-state index is 13.6. The highest BCUT2D eigenvalue weighted by Crippen LogP contribution is 2.38. The van der Waals surface area contributed by atoms with Crippen LogP contribution in [0.5, 0.6) is 11.5 Å². The Morgan fingerprint density at radius 3 is 2.50 bits per heavy atom. The van der Waals surface area contributed by atoms with Crippen molar-refractivity contribution in [1.82, 2.24) is 23.9 Å². The molecule has 7 rings (SSSR count). The zero-order valence-corrected chi connectivity index (χ0v) is 32.6. The van der Waals surface area contributed by atoms with Gasteiger partial charge in [0.05, 0.1) is 36.7 Å². The maximum Gasteiger partial charge on any atom is 0.291 e. The van der Waals surface area contributed by atoms with Crippen LogP contribution in [0.25, 0.3) is 0 Å². The van der Waals surface area contributed by atoms with Crippen molar-refractivity contribution in [3.8, 4) is 11.5 Å². The van der Waals surface area contributed by atoms with Gasteiger partial charge in [-0.3, -0.25) is 24.2 Å². The third-order valence-electron chi connectivity index (χ3n) is 9.82. The average Bonchev–Trinajstić information content (AvgIpc) is 3.91. The standard InChI is InChI=1S/C41H47N9O6/c1-24-13-29-18-42-31-17-34(33(55-7)16-30(31)39(53)50(29)19-24)56-12-8-9-36(51)44-35-23-48(6)37(45-35)38(52)43-28-15-32(47(5)22-28)40(54)49-20-25-10-11-27(14-26(25)21-49)46-41(2,3)4/h10-11,14-18,22-23,29,46H,1,8-9,12-13,19-21H2,2-7H3,(H,43,52)(H,44,51)/t29-/m0/s1. The van der Waals surface area contributed by atoms with Crippen LogP contribution in [0, 0.1) is 0 Å². The highest BCUT2D eigenvalue weighted by atomic mass is 16.5. The number of aromatic nitrogens is 3. The summed E-state index contributed by atoms with van der Waals surface area (Å²) in [5.74, 6) is 0.0447. The van der Waals surface area contributed by atoms with Crippen LogP contribution in [0.1, 0.15) is 82.6 Å². The molecule has 0 unspecified atom stereocenters. The summed E-state index contributed by atoms with van der Waals surface area (Å²) >= 11 is 0. The molecule has 15 nitrogen and oxygen atoms in total. The van der Waals surface area contributed by atoms with Crippen LogP contribution in [-0.2, 0) is 32.0 Å². The molecule has 4 amide bonds. The van der Waals surface area contributed by atoms with E-state index in [-0.39, 0.29) is 54.0 Å². The molecule has 0 aliphatic carbocycles. The number of hydrogen-bond acceptors (Lipinski definition) is 9. The normalized spacial score (nSPS) is 15.9. The first-order valence-corrected chi connectivity index (χ1v) is 18.5. The van der Waals surface area contributed by atoms with Gasteiger partial charge in [0.25, 0.3) is 17.7 Å². The quantitative estimate of drug-likeness (QED) is 0.130. The van der Waals surface area contributed by atoms with E-state index in [4.69, 9.17) is 9.47 Å². The van der Waals surface area contributed by atoms with Gasteiger partial charge in [-0.15, -0.1) is 0 Å². The number of nitrogens with one attached hydrogen (secondary N) is 3. The lowest BCUT2D eigenvalue weighted by Gasteiger charge is -2.22. The Balaban J connectivity index is 0.905. The number of amides is 4. The molecule has 5 heterocycles. The number of methoxy groups -OCH3 is 1. The highest BCUT2D eigenvalue weighted by Gasteiger charge is 2.34. The third-order valence-corrected chi connectivity index (χ3v) is 9.82. The first-order chi connectivity index (χ1) is 26.6. The van der Waals surface area contributed by atoms with Crippen molar-refractivity contribution in [3.05, 3.63) is 89.2 Å². The number of benzene rings is 2. The number of carbonyl (C=O) groups excluding carboxylic acids is 4. The molecular formula is C41H47N9O6. The molecule has 56 heavy (non-hydrogen) atoms. The molecule has 3 aliphatic rings. The first-order valence-electron chi connectivity index (χ1n) is 18.5. The SMILES string of the molecule is C=C1C[C@H]2C=Nc3cc(OCCCC(=O)Nc4cn(C)c(C(=O)Nc5cc(C(=O)N6Cc7ccc(NC(C)(C)C)cc7C6)n(C)c5)n4)c(OC)cc3C(=O)N2C1. The van der Waals surface area contributed by atoms with E-state index in [1.54, 1.807) is 65.3 Å². The van der Waals surface area contributed by atoms with Crippen LogP contribution >= 0.6 is 0 Å². The summed E-state index contributed by atoms with van der Waals surface area (Å²) < 4.78 is 14.7. The Hall–Kier alpha value is -6.38. The van der Waals surface area contributed by atoms with E-state index in [1.807, 2.05) is 6.07 Å². The van der Waals surface area contributed by atoms with Gasteiger partial charge in [0.2, 0.25) is 11.7 Å². The number of nitrogens with zero attached hydrogens (tertiary/aromatic N) is 6. The number of aryl methyl sites for hydroxylation is 2. The molecule has 3 aliphatic heterocycles. The number of imidazole rings is 1. The predicted octanol–water partition coefficient (Wildman–Crippen LogP) is 5.67. The Labute approximate surface area is 325 Å². The smallest absolute Gasteiger partial charge is 0.291 e. The number of carbonyl (C=O) groups is 4. The summed E-state index contributed by atoms with van der Waals surface area (Å²) in [5, 5.41) is 9.05. The van der Waals surface area contributed by atoms with Gasteiger partial charge in [-0.2, -0.15) is 0 Å². The van der Waals surface area contributed by atoms with Gasteiger partial charge >= 0.3 is 0 Å². The molecule has 2 aromatic carbocycles. The molecule has 4 aromatic rings. The molecule has 1 saturated heterocycles. The molecule has 15 heteroatoms. The highest BCUT2D eigenvalue weighted by molar-refractivity contribution is 6.05. The van der Waals surface area contributed by atoms with Gasteiger partial charge in [-0.25, -0.2) is 4.98 Å². The van der Waals surface area contributed by atoms with Crippen molar-refractivity contribution >= 4 is 52.7 Å². The maximum atomic E-state index is 13.6. The fourth-order valence-electron chi connectivity index (χ4n) is 7.21. The number of ether oxygens (including phenoxy) is 2. The lowest BCUT2D eigenvalue weighted by atomic mass is 10.1. The average molecular weight is 762 g/mol. The third kappa shape index (κ3) is 8.02. The minimum Gasteiger partial charge on any atom is -0.493 e. The zero-order valence-electron chi connectivity index (χ0n) is 32.6. The van der Waals surface area contributed by atoms with Crippen LogP contribution in [0.2, 0.25) is 0 Å². The van der Waals surface area contributed by atoms with E-state index in [2.05, 4.69) is 65.4 Å². The molecule has 0 spiro atoms. The number of anilines is 3. The van der Waals surface area contributed by atoms with Crippen LogP contribution in [0.3, 0.4) is 0 Å². The zero-order chi connectivity index (χ0) is 39.9. The van der Waals surface area contributed by atoms with E-state index < -0.39 is 5.91 Å². The minimum atomic E-state index is -0.495. The number of hydrogen-bond donors (Lipinski definition) is 3. The molecule has 3 N–H and O–H groups in total. The Bertz CT molecular complexity index is 2280. The van der Waals surface area contributed by atoms with E-state index in [0.717, 1.165) is 22.4 Å². The van der Waals surface area contributed by atoms with Gasteiger partial charge in [-0.05, 0) is 69.0 Å². The summed E-state index contributed by atoms with van der Waals surface area (Å²) in [6.45, 7) is 12.0. The molecule has 2 aromatic heterocycles. The van der Waals surface area contributed by atoms with Crippen molar-refractivity contribution < 1.29 is 28.7 Å². The van der Waals surface area contributed by atoms with Crippen LogP contribution in [-0.4, -0.2) is 85.6 Å². The van der Waals surface area contributed by atoms with E-state index >= 15 is 0 Å². The molecule has 0 radical (unpaired) electrons. The predicted molar refractivity (Wildman–Crippen MR) is 213 cm³/mol. The van der Waals surface area contributed by atoms with Gasteiger partial charge < -0.3 is 44.4 Å². The molecule has 1 fully saturated rings. The lowest BCUT2D eigenvalue weighted by Crippen LogP contribution is -2.35. The first kappa shape index (κ1) is 37.9. The fraction of sp³-hybridized carbons (Fsp3) is 0.366. The van der Waals surface area contributed by atoms with Crippen LogP contribution in [0.4, 0.5) is 22.9 Å². The largest absolute Gasteiger partial charge is 0.493 e. The second-order valence-electron chi connectivity index (χ2n) is 15.5. The van der Waals surface area contributed by atoms with E-state index in [9.17, 15) is 19.2 Å². The van der Waals surface area contributed by atoms with Crippen LogP contribution < -0.4 is 25.4 Å². The topological polar surface area (TPSA) is 164 Å². The minimum absolute atomic E-state index is 0.0789. The van der Waals surface area contributed by atoms with Crippen molar-refractivity contribution in [3.63, 3.8) is 0 Å². The van der Waals surface area contributed by atoms with Gasteiger partial charge in [0.15, 0.2) is 17.3 Å². The summed E-state index contributed by atoms with van der Waals surface area (Å²) in [6.07, 6.45) is 6.19. The Kier molecular flexibility index (Phi) is 10.2. The van der Waals surface area contributed by atoms with Gasteiger partial charge in [0.1, 0.15) is 5.69 Å². The number of rotatable bonds is 11. The summed E-state index contributed by atoms with van der Waals surface area (Å²) in [5.41, 5.74) is 5.95. The van der Waals surface area contributed by atoms with Gasteiger partial charge in [0, 0.05) is 76.1 Å². The molecule has 0 bridgehead atoms. The molecule has 292 valence electrons. The Morgan fingerprint density at radius 1 is 0.946 bits per heavy atom. The van der Waals surface area contributed by atoms with Crippen molar-refractivity contribution in [1.29, 1.82) is 0 Å². The van der Waals surface area contributed by atoms with Crippen LogP contribution in [0.15, 0.2) is 65.9 Å². The second kappa shape index (κ2) is 15.0. The summed E-state index contributed by atoms with van der Waals surface area (Å²) in [6, 6.07) is 11.0. The summed E-state index contributed by atoms with van der Waals surface area (Å²) in [7, 11) is 4.92. The second-order valence-corrected chi connectivity index (χ2v) is 15.5. The fourth-order valence-corrected chi connectivity index (χ4v) is 7.21. The molecular weight excluding hydrogens is 715 g/mol. The van der Waals surface area contributed by atoms with E-state index in [0.29, 0.717) is 66.6 Å². The summed E-state index contributed by atoms with van der Waals surface area (Å²) in [4.78, 5) is 65.3. The van der Waals surface area contributed by atoms with Crippen molar-refractivity contribution in [2.75, 3.05) is 36.2 Å². The van der Waals surface area contributed by atoms with E-state index in [1.165, 1.54) is 11.7 Å². The Morgan fingerprint density at radius 2 is 1.73 bits per heavy atom. The monoisotopic (exact) mass is 761 g/mol. The molecule has 1 atom stereocenters. The number of aliphatic imine (C=N–C) groups is 1. The number of fused-ring (bicyclic) bond motifs is 3. The lowest BCUT2D eigenvalue weighted by molar-refractivity contribution is -0.116. The van der Waals surface area contributed by atoms with Crippen molar-refractivity contribution in [2.24, 2.45) is 19.1 Å². The molecule has 0 saturated carbocycles. The van der Waals surface area contributed by atoms with Crippen molar-refractivity contribution in [2.45, 2.75) is 64.7 Å². The van der Waals surface area contributed by atoms with Gasteiger partial charge in [-0.1, -0.05) is 18.2 Å².